The van der Waals surface area contributed by atoms with E-state index in [2.05, 4.69) is 179 Å². The average Bonchev–Trinajstić information content (AvgIpc) is 0.903. The van der Waals surface area contributed by atoms with Gasteiger partial charge in [-0.3, -0.25) is 32.5 Å². The van der Waals surface area contributed by atoms with Crippen LogP contribution in [0.3, 0.4) is 0 Å². The van der Waals surface area contributed by atoms with E-state index in [0.717, 1.165) is 167 Å². The van der Waals surface area contributed by atoms with E-state index in [1.54, 1.807) is 0 Å². The van der Waals surface area contributed by atoms with Gasteiger partial charge in [0.2, 0.25) is 0 Å². The molecule has 113 heavy (non-hydrogen) atoms. The van der Waals surface area contributed by atoms with Gasteiger partial charge in [-0.25, -0.2) is 9.13 Å². The average molecular weight is 1620 g/mol. The summed E-state index contributed by atoms with van der Waals surface area (Å²) in [4.78, 5) is 58.9. The summed E-state index contributed by atoms with van der Waals surface area (Å²) in [6, 6.07) is 0. The molecule has 0 aliphatic heterocycles. The van der Waals surface area contributed by atoms with Crippen LogP contribution in [0.15, 0.2) is 158 Å². The van der Waals surface area contributed by atoms with E-state index in [9.17, 15) is 43.5 Å². The fourth-order valence-electron chi connectivity index (χ4n) is 12.0. The van der Waals surface area contributed by atoms with Gasteiger partial charge >= 0.3 is 33.6 Å². The van der Waals surface area contributed by atoms with Crippen LogP contribution in [0, 0.1) is 0 Å². The fourth-order valence-corrected chi connectivity index (χ4v) is 13.6. The van der Waals surface area contributed by atoms with Crippen molar-refractivity contribution >= 4 is 33.6 Å². The predicted octanol–water partition coefficient (Wildman–Crippen LogP) is 27.3. The Labute approximate surface area is 689 Å². The number of ether oxygens (including phenoxy) is 3. The summed E-state index contributed by atoms with van der Waals surface area (Å²) >= 11 is 0. The number of phosphoric acid groups is 2. The minimum Gasteiger partial charge on any atom is -0.463 e. The molecule has 4 N–H and O–H groups in total. The topological polar surface area (TPSA) is 231 Å². The van der Waals surface area contributed by atoms with Crippen LogP contribution in [0.4, 0.5) is 0 Å². The third-order valence-corrected chi connectivity index (χ3v) is 20.6. The second kappa shape index (κ2) is 86.5. The highest BCUT2D eigenvalue weighted by atomic mass is 31.2. The lowest BCUT2D eigenvalue weighted by Crippen LogP contribution is -2.30. The molecule has 0 saturated heterocycles. The van der Waals surface area contributed by atoms with Crippen molar-refractivity contribution in [3.63, 3.8) is 0 Å². The van der Waals surface area contributed by atoms with Crippen molar-refractivity contribution in [1.29, 1.82) is 0 Å². The molecule has 5 atom stereocenters. The molecule has 0 aromatic rings. The van der Waals surface area contributed by atoms with Crippen molar-refractivity contribution in [3.8, 4) is 0 Å². The number of rotatable bonds is 84. The summed E-state index contributed by atoms with van der Waals surface area (Å²) in [6.45, 7) is 2.44. The number of carbonyl (C=O) groups is 3. The summed E-state index contributed by atoms with van der Waals surface area (Å²) < 4.78 is 61.3. The quantitative estimate of drug-likeness (QED) is 0.0146. The molecule has 16 nitrogen and oxygen atoms in total. The summed E-state index contributed by atoms with van der Waals surface area (Å²) in [5, 5.41) is 20.7. The second-order valence-corrected chi connectivity index (χ2v) is 32.5. The maximum absolute atomic E-state index is 13.0. The Kier molecular flexibility index (Phi) is 82.8. The van der Waals surface area contributed by atoms with Crippen LogP contribution in [0.25, 0.3) is 0 Å². The molecule has 0 fully saturated rings. The highest BCUT2D eigenvalue weighted by Crippen LogP contribution is 2.45. The summed E-state index contributed by atoms with van der Waals surface area (Å²) in [5.74, 6) is -1.59. The van der Waals surface area contributed by atoms with Crippen LogP contribution in [0.2, 0.25) is 0 Å². The minimum atomic E-state index is -4.94. The van der Waals surface area contributed by atoms with E-state index in [0.29, 0.717) is 19.3 Å². The number of hydrogen-bond acceptors (Lipinski definition) is 14. The van der Waals surface area contributed by atoms with Crippen LogP contribution in [-0.4, -0.2) is 95.9 Å². The Balaban J connectivity index is 4.47. The van der Waals surface area contributed by atoms with Crippen molar-refractivity contribution in [2.45, 2.75) is 386 Å². The molecule has 0 heterocycles. The summed E-state index contributed by atoms with van der Waals surface area (Å²) in [7, 11) is -9.81. The molecule has 0 aromatic heterocycles. The zero-order valence-electron chi connectivity index (χ0n) is 71.3. The van der Waals surface area contributed by atoms with E-state index in [4.69, 9.17) is 32.3 Å². The van der Waals surface area contributed by atoms with Crippen LogP contribution >= 0.6 is 15.6 Å². The zero-order valence-corrected chi connectivity index (χ0v) is 73.0. The second-order valence-electron chi connectivity index (χ2n) is 29.6. The van der Waals surface area contributed by atoms with Gasteiger partial charge in [0.15, 0.2) is 6.10 Å². The predicted molar refractivity (Wildman–Crippen MR) is 472 cm³/mol. The maximum Gasteiger partial charge on any atom is 0.472 e. The molecule has 5 unspecified atom stereocenters. The lowest BCUT2D eigenvalue weighted by molar-refractivity contribution is -0.161. The first-order chi connectivity index (χ1) is 55.2. The van der Waals surface area contributed by atoms with E-state index < -0.39 is 91.5 Å². The number of hydrogen-bond donors (Lipinski definition) is 4. The molecule has 0 amide bonds. The molecule has 0 bridgehead atoms. The number of allylic oxidation sites excluding steroid dienone is 26. The first kappa shape index (κ1) is 108. The monoisotopic (exact) mass is 1620 g/mol. The van der Waals surface area contributed by atoms with Gasteiger partial charge in [-0.05, 0) is 148 Å². The highest BCUT2D eigenvalue weighted by molar-refractivity contribution is 7.47. The third kappa shape index (κ3) is 87.8. The number of aliphatic hydroxyl groups excluding tert-OH is 2. The largest absolute Gasteiger partial charge is 0.472 e. The van der Waals surface area contributed by atoms with E-state index >= 15 is 0 Å². The number of esters is 3. The molecule has 0 rings (SSSR count). The van der Waals surface area contributed by atoms with Crippen molar-refractivity contribution in [2.24, 2.45) is 0 Å². The maximum atomic E-state index is 13.0. The summed E-state index contributed by atoms with van der Waals surface area (Å²) in [5.41, 5.74) is 0. The van der Waals surface area contributed by atoms with Crippen LogP contribution in [0.1, 0.15) is 367 Å². The van der Waals surface area contributed by atoms with Gasteiger partial charge in [0, 0.05) is 19.3 Å². The molecular weight excluding hydrogens is 1460 g/mol. The van der Waals surface area contributed by atoms with Crippen molar-refractivity contribution < 1.29 is 75.8 Å². The number of aliphatic hydroxyl groups is 2. The standard InChI is InChI=1S/C95H162O16P2/c1-4-7-10-13-16-19-22-25-28-30-32-34-36-38-40-42-43-44-45-47-49-50-52-54-56-58-61-63-66-69-72-75-78-81-93(98)105-84-90(96)85-107-112(101,102)108-86-91(97)87-109-113(103,104)110-89-92(111-95(100)83-80-77-74-71-68-65-60-27-24-21-18-15-12-9-6-3)88-106-94(99)82-79-76-73-70-67-64-62-59-57-55-53-51-48-46-41-39-37-35-33-31-29-26-23-20-17-14-11-8-5-2/h7,9-10,12,16-21,25-29,32-35,38-41,43-44,60,90-92,96-97H,4-6,8,11,13-15,22-24,30-31,36-37,42,45-59,61-89H2,1-3H3,(H,101,102)(H,103,104)/b10-7-,12-9-,19-16-,20-17-,21-18-,28-25-,29-26-,34-32-,35-33-,40-38-,41-39-,44-43-,60-27-. The van der Waals surface area contributed by atoms with Gasteiger partial charge in [0.05, 0.1) is 26.4 Å². The molecule has 648 valence electrons. The van der Waals surface area contributed by atoms with Crippen LogP contribution in [-0.2, 0) is 55.8 Å². The third-order valence-electron chi connectivity index (χ3n) is 18.7. The summed E-state index contributed by atoms with van der Waals surface area (Å²) in [6.07, 6.45) is 110. The van der Waals surface area contributed by atoms with Gasteiger partial charge in [-0.2, -0.15) is 0 Å². The molecule has 0 spiro atoms. The Morgan fingerprint density at radius 1 is 0.257 bits per heavy atom. The van der Waals surface area contributed by atoms with E-state index in [1.165, 1.54) is 141 Å². The van der Waals surface area contributed by atoms with Crippen molar-refractivity contribution in [3.05, 3.63) is 158 Å². The van der Waals surface area contributed by atoms with Crippen LogP contribution in [0.5, 0.6) is 0 Å². The Hall–Kier alpha value is -4.83. The normalized spacial score (nSPS) is 14.6. The first-order valence-corrected chi connectivity index (χ1v) is 47.8. The molecule has 0 saturated carbocycles. The lowest BCUT2D eigenvalue weighted by Gasteiger charge is -2.21. The molecule has 0 aliphatic rings. The van der Waals surface area contributed by atoms with Crippen molar-refractivity contribution in [1.82, 2.24) is 0 Å². The Morgan fingerprint density at radius 3 is 0.743 bits per heavy atom. The van der Waals surface area contributed by atoms with Gasteiger partial charge in [0.25, 0.3) is 0 Å². The first-order valence-electron chi connectivity index (χ1n) is 44.8. The molecular formula is C95H162O16P2. The Bertz CT molecular complexity index is 2680. The minimum absolute atomic E-state index is 0.0826. The molecule has 0 radical (unpaired) electrons. The molecule has 0 aliphatic carbocycles. The van der Waals surface area contributed by atoms with Crippen LogP contribution < -0.4 is 0 Å². The fraction of sp³-hybridized carbons (Fsp3) is 0.695. The number of unbranched alkanes of at least 4 members (excludes halogenated alkanes) is 35. The van der Waals surface area contributed by atoms with Gasteiger partial charge in [-0.1, -0.05) is 359 Å². The number of phosphoric ester groups is 2. The SMILES string of the molecule is CC/C=C\C/C=C\C/C=C\C/C=C\C/C=C\C/C=C\CCCCCCCCCCCCCCCCC(=O)OCC(O)COP(=O)(O)OCC(O)COP(=O)(O)OCC(COC(=O)CCCCCCCCCCCCCCC/C=C\C/C=C\C/C=C\C/C=C\CCCCC)OC(=O)CCCCCCC/C=C\C/C=C\C/C=C\CC. The van der Waals surface area contributed by atoms with Gasteiger partial charge < -0.3 is 34.2 Å². The lowest BCUT2D eigenvalue weighted by atomic mass is 10.0. The van der Waals surface area contributed by atoms with Crippen molar-refractivity contribution in [2.75, 3.05) is 39.6 Å². The van der Waals surface area contributed by atoms with Gasteiger partial charge in [0.1, 0.15) is 25.4 Å². The van der Waals surface area contributed by atoms with E-state index in [1.807, 2.05) is 0 Å². The molecule has 18 heteroatoms. The molecule has 0 aromatic carbocycles. The highest BCUT2D eigenvalue weighted by Gasteiger charge is 2.29. The van der Waals surface area contributed by atoms with Gasteiger partial charge in [-0.15, -0.1) is 0 Å². The Morgan fingerprint density at radius 2 is 0.469 bits per heavy atom. The smallest absolute Gasteiger partial charge is 0.463 e. The zero-order chi connectivity index (χ0) is 82.2. The van der Waals surface area contributed by atoms with E-state index in [-0.39, 0.29) is 19.3 Å². The number of carbonyl (C=O) groups excluding carboxylic acids is 3.